The van der Waals surface area contributed by atoms with E-state index in [1.54, 1.807) is 10.4 Å². The number of hydrogen-bond donors (Lipinski definition) is 2. The summed E-state index contributed by atoms with van der Waals surface area (Å²) in [6.07, 6.45) is 13.3. The molecular weight excluding hydrogens is 228 g/mol. The standard InChI is InChI=1S/C14H20N2S/c1-2-3-4-8-12(16-15)14-10-11-7-5-6-9-13(11)17-14/h1,10,12,16H,3-9,15H2. The lowest BCUT2D eigenvalue weighted by atomic mass is 9.98. The second-order valence-corrected chi connectivity index (χ2v) is 5.79. The van der Waals surface area contributed by atoms with Gasteiger partial charge in [0.05, 0.1) is 6.04 Å². The van der Waals surface area contributed by atoms with E-state index in [-0.39, 0.29) is 6.04 Å². The Bertz CT molecular complexity index is 379. The van der Waals surface area contributed by atoms with E-state index in [9.17, 15) is 0 Å². The Morgan fingerprint density at radius 1 is 1.47 bits per heavy atom. The molecule has 0 amide bonds. The van der Waals surface area contributed by atoms with Crippen molar-refractivity contribution in [1.29, 1.82) is 0 Å². The number of hydrogen-bond acceptors (Lipinski definition) is 3. The van der Waals surface area contributed by atoms with Gasteiger partial charge in [-0.1, -0.05) is 0 Å². The monoisotopic (exact) mass is 248 g/mol. The third kappa shape index (κ3) is 3.10. The van der Waals surface area contributed by atoms with Crippen molar-refractivity contribution in [3.05, 3.63) is 21.4 Å². The first-order valence-electron chi connectivity index (χ1n) is 6.36. The van der Waals surface area contributed by atoms with E-state index in [1.807, 2.05) is 11.3 Å². The molecular formula is C14H20N2S. The summed E-state index contributed by atoms with van der Waals surface area (Å²) in [5.74, 6) is 8.33. The molecule has 3 heteroatoms. The molecule has 1 aliphatic rings. The highest BCUT2D eigenvalue weighted by atomic mass is 32.1. The summed E-state index contributed by atoms with van der Waals surface area (Å²) in [7, 11) is 0. The summed E-state index contributed by atoms with van der Waals surface area (Å²) < 4.78 is 0. The van der Waals surface area contributed by atoms with Gasteiger partial charge in [0.25, 0.3) is 0 Å². The Morgan fingerprint density at radius 3 is 3.00 bits per heavy atom. The van der Waals surface area contributed by atoms with Crippen LogP contribution >= 0.6 is 11.3 Å². The van der Waals surface area contributed by atoms with Crippen LogP contribution in [0, 0.1) is 12.3 Å². The van der Waals surface area contributed by atoms with Crippen molar-refractivity contribution in [2.45, 2.75) is 51.0 Å². The molecule has 17 heavy (non-hydrogen) atoms. The first-order valence-corrected chi connectivity index (χ1v) is 7.18. The topological polar surface area (TPSA) is 38.0 Å². The second-order valence-electron chi connectivity index (χ2n) is 4.62. The molecule has 0 saturated heterocycles. The van der Waals surface area contributed by atoms with E-state index < -0.39 is 0 Å². The van der Waals surface area contributed by atoms with Crippen LogP contribution in [0.4, 0.5) is 0 Å². The van der Waals surface area contributed by atoms with Crippen LogP contribution in [0.15, 0.2) is 6.07 Å². The summed E-state index contributed by atoms with van der Waals surface area (Å²) in [5.41, 5.74) is 4.48. The van der Waals surface area contributed by atoms with E-state index in [0.29, 0.717) is 0 Å². The summed E-state index contributed by atoms with van der Waals surface area (Å²) in [6.45, 7) is 0. The van der Waals surface area contributed by atoms with Crippen LogP contribution in [0.25, 0.3) is 0 Å². The molecule has 2 nitrogen and oxygen atoms in total. The fraction of sp³-hybridized carbons (Fsp3) is 0.571. The molecule has 0 saturated carbocycles. The van der Waals surface area contributed by atoms with Gasteiger partial charge >= 0.3 is 0 Å². The first-order chi connectivity index (χ1) is 8.35. The predicted octanol–water partition coefficient (Wildman–Crippen LogP) is 2.93. The Hall–Kier alpha value is -0.820. The summed E-state index contributed by atoms with van der Waals surface area (Å²) in [4.78, 5) is 2.96. The van der Waals surface area contributed by atoms with Gasteiger partial charge in [-0.25, -0.2) is 0 Å². The highest BCUT2D eigenvalue weighted by Gasteiger charge is 2.17. The Labute approximate surface area is 108 Å². The van der Waals surface area contributed by atoms with Crippen molar-refractivity contribution < 1.29 is 0 Å². The minimum atomic E-state index is 0.277. The summed E-state index contributed by atoms with van der Waals surface area (Å²) in [5, 5.41) is 0. The van der Waals surface area contributed by atoms with E-state index in [2.05, 4.69) is 17.4 Å². The van der Waals surface area contributed by atoms with Crippen molar-refractivity contribution in [1.82, 2.24) is 5.43 Å². The number of terminal acetylenes is 1. The van der Waals surface area contributed by atoms with E-state index in [4.69, 9.17) is 12.3 Å². The van der Waals surface area contributed by atoms with Gasteiger partial charge in [-0.05, 0) is 50.2 Å². The van der Waals surface area contributed by atoms with Gasteiger partial charge in [0.1, 0.15) is 0 Å². The largest absolute Gasteiger partial charge is 0.271 e. The van der Waals surface area contributed by atoms with Crippen molar-refractivity contribution in [3.63, 3.8) is 0 Å². The first kappa shape index (κ1) is 12.6. The number of rotatable bonds is 5. The van der Waals surface area contributed by atoms with Gasteiger partial charge < -0.3 is 0 Å². The van der Waals surface area contributed by atoms with E-state index in [0.717, 1.165) is 19.3 Å². The van der Waals surface area contributed by atoms with Gasteiger partial charge in [-0.2, -0.15) is 0 Å². The molecule has 0 radical (unpaired) electrons. The van der Waals surface area contributed by atoms with Crippen molar-refractivity contribution in [2.24, 2.45) is 5.84 Å². The molecule has 92 valence electrons. The molecule has 1 aromatic heterocycles. The van der Waals surface area contributed by atoms with Crippen LogP contribution in [0.3, 0.4) is 0 Å². The van der Waals surface area contributed by atoms with Crippen LogP contribution in [-0.2, 0) is 12.8 Å². The van der Waals surface area contributed by atoms with Crippen LogP contribution in [0.2, 0.25) is 0 Å². The zero-order valence-corrected chi connectivity index (χ0v) is 11.0. The lowest BCUT2D eigenvalue weighted by molar-refractivity contribution is 0.509. The maximum atomic E-state index is 5.65. The molecule has 2 rings (SSSR count). The SMILES string of the molecule is C#CCCCC(NN)c1cc2c(s1)CCCC2. The van der Waals surface area contributed by atoms with Crippen LogP contribution < -0.4 is 11.3 Å². The number of fused-ring (bicyclic) bond motifs is 1. The number of nitrogens with two attached hydrogens (primary N) is 1. The smallest absolute Gasteiger partial charge is 0.0553 e. The van der Waals surface area contributed by atoms with Gasteiger partial charge in [-0.3, -0.25) is 11.3 Å². The molecule has 1 unspecified atom stereocenters. The average Bonchev–Trinajstić information content (AvgIpc) is 2.78. The van der Waals surface area contributed by atoms with Gasteiger partial charge in [0.2, 0.25) is 0 Å². The quantitative estimate of drug-likeness (QED) is 0.364. The molecule has 0 aliphatic heterocycles. The molecule has 0 fully saturated rings. The molecule has 1 aromatic rings. The molecule has 0 spiro atoms. The third-order valence-electron chi connectivity index (χ3n) is 3.37. The van der Waals surface area contributed by atoms with Crippen LogP contribution in [-0.4, -0.2) is 0 Å². The number of aryl methyl sites for hydroxylation is 2. The minimum Gasteiger partial charge on any atom is -0.271 e. The molecule has 1 heterocycles. The predicted molar refractivity (Wildman–Crippen MR) is 73.7 cm³/mol. The van der Waals surface area contributed by atoms with Crippen molar-refractivity contribution in [2.75, 3.05) is 0 Å². The third-order valence-corrected chi connectivity index (χ3v) is 4.72. The van der Waals surface area contributed by atoms with Gasteiger partial charge in [0.15, 0.2) is 0 Å². The summed E-state index contributed by atoms with van der Waals surface area (Å²) in [6, 6.07) is 2.62. The van der Waals surface area contributed by atoms with Gasteiger partial charge in [0, 0.05) is 16.2 Å². The van der Waals surface area contributed by atoms with Crippen molar-refractivity contribution >= 4 is 11.3 Å². The molecule has 0 aromatic carbocycles. The fourth-order valence-electron chi connectivity index (χ4n) is 2.40. The van der Waals surface area contributed by atoms with Crippen LogP contribution in [0.1, 0.15) is 53.5 Å². The maximum Gasteiger partial charge on any atom is 0.0553 e. The Morgan fingerprint density at radius 2 is 2.29 bits per heavy atom. The maximum absolute atomic E-state index is 5.65. The Kier molecular flexibility index (Phi) is 4.61. The minimum absolute atomic E-state index is 0.277. The Balaban J connectivity index is 2.03. The summed E-state index contributed by atoms with van der Waals surface area (Å²) >= 11 is 1.93. The molecule has 3 N–H and O–H groups in total. The van der Waals surface area contributed by atoms with Crippen LogP contribution in [0.5, 0.6) is 0 Å². The van der Waals surface area contributed by atoms with E-state index >= 15 is 0 Å². The fourth-order valence-corrected chi connectivity index (χ4v) is 3.75. The number of thiophene rings is 1. The highest BCUT2D eigenvalue weighted by molar-refractivity contribution is 7.12. The zero-order chi connectivity index (χ0) is 12.1. The molecule has 1 atom stereocenters. The lowest BCUT2D eigenvalue weighted by Crippen LogP contribution is -2.27. The molecule has 1 aliphatic carbocycles. The zero-order valence-electron chi connectivity index (χ0n) is 10.2. The normalized spacial score (nSPS) is 16.2. The number of nitrogens with one attached hydrogen (secondary N) is 1. The van der Waals surface area contributed by atoms with Crippen molar-refractivity contribution in [3.8, 4) is 12.3 Å². The van der Waals surface area contributed by atoms with E-state index in [1.165, 1.54) is 30.6 Å². The highest BCUT2D eigenvalue weighted by Crippen LogP contribution is 2.34. The number of unbranched alkanes of at least 4 members (excludes halogenated alkanes) is 1. The molecule has 0 bridgehead atoms. The average molecular weight is 248 g/mol. The number of hydrazine groups is 1. The van der Waals surface area contributed by atoms with Gasteiger partial charge in [-0.15, -0.1) is 23.7 Å². The lowest BCUT2D eigenvalue weighted by Gasteiger charge is -2.12. The second kappa shape index (κ2) is 6.20.